The number of hydrogen-bond acceptors (Lipinski definition) is 3. The van der Waals surface area contributed by atoms with Crippen LogP contribution in [-0.4, -0.2) is 46.0 Å². The molecular weight excluding hydrogens is 316 g/mol. The molecule has 0 saturated carbocycles. The van der Waals surface area contributed by atoms with Gasteiger partial charge < -0.3 is 10.2 Å². The minimum absolute atomic E-state index is 0.0849. The van der Waals surface area contributed by atoms with Gasteiger partial charge in [-0.2, -0.15) is 5.10 Å². The number of carbonyl (C=O) groups is 2. The first kappa shape index (κ1) is 17.2. The summed E-state index contributed by atoms with van der Waals surface area (Å²) in [6.07, 6.45) is 5.44. The van der Waals surface area contributed by atoms with Crippen LogP contribution >= 0.6 is 0 Å². The fourth-order valence-corrected chi connectivity index (χ4v) is 3.35. The number of carbonyl (C=O) groups excluding carboxylic acids is 2. The molecule has 2 heterocycles. The molecule has 1 aliphatic rings. The Morgan fingerprint density at radius 3 is 2.60 bits per heavy atom. The summed E-state index contributed by atoms with van der Waals surface area (Å²) >= 11 is 0. The highest BCUT2D eigenvalue weighted by Crippen LogP contribution is 2.24. The predicted molar refractivity (Wildman–Crippen MR) is 95.1 cm³/mol. The summed E-state index contributed by atoms with van der Waals surface area (Å²) in [5.41, 5.74) is 1.61. The number of piperidine rings is 1. The number of hydrogen-bond donors (Lipinski definition) is 2. The van der Waals surface area contributed by atoms with E-state index in [9.17, 15) is 9.59 Å². The van der Waals surface area contributed by atoms with Crippen molar-refractivity contribution < 1.29 is 9.59 Å². The lowest BCUT2D eigenvalue weighted by Crippen LogP contribution is -2.47. The van der Waals surface area contributed by atoms with Gasteiger partial charge in [-0.25, -0.2) is 0 Å². The number of amides is 2. The van der Waals surface area contributed by atoms with Gasteiger partial charge in [-0.1, -0.05) is 37.3 Å². The van der Waals surface area contributed by atoms with Crippen LogP contribution in [0.25, 0.3) is 0 Å². The number of aromatic nitrogens is 2. The molecule has 1 aromatic carbocycles. The molecule has 1 aromatic heterocycles. The lowest BCUT2D eigenvalue weighted by molar-refractivity contribution is -0.134. The lowest BCUT2D eigenvalue weighted by Gasteiger charge is -2.34. The fraction of sp³-hybridized carbons (Fsp3) is 0.421. The molecule has 6 nitrogen and oxygen atoms in total. The molecule has 0 radical (unpaired) electrons. The van der Waals surface area contributed by atoms with E-state index in [1.165, 1.54) is 6.20 Å². The molecule has 2 N–H and O–H groups in total. The number of benzene rings is 1. The van der Waals surface area contributed by atoms with Gasteiger partial charge >= 0.3 is 0 Å². The Labute approximate surface area is 147 Å². The van der Waals surface area contributed by atoms with Crippen LogP contribution in [-0.2, 0) is 4.79 Å². The first-order valence-electron chi connectivity index (χ1n) is 8.82. The van der Waals surface area contributed by atoms with E-state index < -0.39 is 0 Å². The van der Waals surface area contributed by atoms with Gasteiger partial charge in [0.1, 0.15) is 0 Å². The summed E-state index contributed by atoms with van der Waals surface area (Å²) in [5, 5.41) is 9.45. The quantitative estimate of drug-likeness (QED) is 0.877. The van der Waals surface area contributed by atoms with Crippen LogP contribution in [0.5, 0.6) is 0 Å². The normalized spacial score (nSPS) is 16.4. The van der Waals surface area contributed by atoms with E-state index in [1.54, 1.807) is 6.20 Å². The number of H-pyrrole nitrogens is 1. The zero-order valence-corrected chi connectivity index (χ0v) is 14.4. The molecule has 3 rings (SSSR count). The van der Waals surface area contributed by atoms with Crippen molar-refractivity contribution in [1.29, 1.82) is 0 Å². The maximum atomic E-state index is 12.9. The maximum Gasteiger partial charge on any atom is 0.254 e. The third-order valence-electron chi connectivity index (χ3n) is 4.81. The molecule has 2 amide bonds. The van der Waals surface area contributed by atoms with Gasteiger partial charge in [0.2, 0.25) is 5.91 Å². The highest BCUT2D eigenvalue weighted by atomic mass is 16.2. The number of nitrogens with one attached hydrogen (secondary N) is 2. The Bertz CT molecular complexity index is 691. The first-order chi connectivity index (χ1) is 12.2. The SMILES string of the molecule is CC[C@H](C(=O)N1CCC(NC(=O)c2cn[nH]c2)CC1)c1ccccc1. The van der Waals surface area contributed by atoms with E-state index in [2.05, 4.69) is 15.5 Å². The molecule has 1 aliphatic heterocycles. The average Bonchev–Trinajstić information content (AvgIpc) is 3.19. The second-order valence-electron chi connectivity index (χ2n) is 6.43. The van der Waals surface area contributed by atoms with Crippen LogP contribution in [0.15, 0.2) is 42.7 Å². The zero-order chi connectivity index (χ0) is 17.6. The van der Waals surface area contributed by atoms with Crippen LogP contribution in [0.2, 0.25) is 0 Å². The minimum atomic E-state index is -0.116. The molecular formula is C19H24N4O2. The van der Waals surface area contributed by atoms with Gasteiger partial charge in [0, 0.05) is 25.3 Å². The van der Waals surface area contributed by atoms with Crippen molar-refractivity contribution in [3.63, 3.8) is 0 Å². The summed E-state index contributed by atoms with van der Waals surface area (Å²) < 4.78 is 0. The maximum absolute atomic E-state index is 12.9. The molecule has 132 valence electrons. The Kier molecular flexibility index (Phi) is 5.48. The smallest absolute Gasteiger partial charge is 0.254 e. The number of likely N-dealkylation sites (tertiary alicyclic amines) is 1. The molecule has 1 atom stereocenters. The highest BCUT2D eigenvalue weighted by Gasteiger charge is 2.28. The van der Waals surface area contributed by atoms with Crippen molar-refractivity contribution in [2.45, 2.75) is 38.1 Å². The Balaban J connectivity index is 1.54. The predicted octanol–water partition coefficient (Wildman–Crippen LogP) is 2.32. The van der Waals surface area contributed by atoms with E-state index in [-0.39, 0.29) is 23.8 Å². The molecule has 2 aromatic rings. The molecule has 1 saturated heterocycles. The zero-order valence-electron chi connectivity index (χ0n) is 14.4. The van der Waals surface area contributed by atoms with Crippen molar-refractivity contribution in [1.82, 2.24) is 20.4 Å². The van der Waals surface area contributed by atoms with E-state index in [4.69, 9.17) is 0 Å². The molecule has 6 heteroatoms. The second kappa shape index (κ2) is 7.96. The Hall–Kier alpha value is -2.63. The van der Waals surface area contributed by atoms with Crippen LogP contribution in [0.3, 0.4) is 0 Å². The number of nitrogens with zero attached hydrogens (tertiary/aromatic N) is 2. The molecule has 25 heavy (non-hydrogen) atoms. The van der Waals surface area contributed by atoms with E-state index in [0.29, 0.717) is 18.7 Å². The van der Waals surface area contributed by atoms with Gasteiger partial charge in [0.25, 0.3) is 5.91 Å². The fourth-order valence-electron chi connectivity index (χ4n) is 3.35. The van der Waals surface area contributed by atoms with Gasteiger partial charge in [0.05, 0.1) is 17.7 Å². The van der Waals surface area contributed by atoms with E-state index >= 15 is 0 Å². The molecule has 0 unspecified atom stereocenters. The van der Waals surface area contributed by atoms with Crippen molar-refractivity contribution in [3.8, 4) is 0 Å². The molecule has 0 spiro atoms. The van der Waals surface area contributed by atoms with Gasteiger partial charge in [-0.15, -0.1) is 0 Å². The first-order valence-corrected chi connectivity index (χ1v) is 8.82. The largest absolute Gasteiger partial charge is 0.349 e. The highest BCUT2D eigenvalue weighted by molar-refractivity contribution is 5.93. The van der Waals surface area contributed by atoms with Crippen LogP contribution in [0.4, 0.5) is 0 Å². The summed E-state index contributed by atoms with van der Waals surface area (Å²) in [6.45, 7) is 3.41. The average molecular weight is 340 g/mol. The summed E-state index contributed by atoms with van der Waals surface area (Å²) in [4.78, 5) is 26.9. The van der Waals surface area contributed by atoms with Crippen molar-refractivity contribution in [2.75, 3.05) is 13.1 Å². The third-order valence-corrected chi connectivity index (χ3v) is 4.81. The molecule has 0 aliphatic carbocycles. The van der Waals surface area contributed by atoms with Crippen molar-refractivity contribution >= 4 is 11.8 Å². The van der Waals surface area contributed by atoms with Gasteiger partial charge in [0.15, 0.2) is 0 Å². The van der Waals surface area contributed by atoms with Crippen molar-refractivity contribution in [3.05, 3.63) is 53.9 Å². The minimum Gasteiger partial charge on any atom is -0.349 e. The van der Waals surface area contributed by atoms with Gasteiger partial charge in [-0.05, 0) is 24.8 Å². The summed E-state index contributed by atoms with van der Waals surface area (Å²) in [6, 6.07) is 10.1. The standard InChI is InChI=1S/C19H24N4O2/c1-2-17(14-6-4-3-5-7-14)19(25)23-10-8-16(9-11-23)22-18(24)15-12-20-21-13-15/h3-7,12-13,16-17H,2,8-11H2,1H3,(H,20,21)(H,22,24)/t17-/m0/s1. The summed E-state index contributed by atoms with van der Waals surface area (Å²) in [5.74, 6) is -0.0131. The Morgan fingerprint density at radius 2 is 2.00 bits per heavy atom. The van der Waals surface area contributed by atoms with E-state index in [0.717, 1.165) is 24.8 Å². The summed E-state index contributed by atoms with van der Waals surface area (Å²) in [7, 11) is 0. The monoisotopic (exact) mass is 340 g/mol. The second-order valence-corrected chi connectivity index (χ2v) is 6.43. The van der Waals surface area contributed by atoms with E-state index in [1.807, 2.05) is 42.2 Å². The lowest BCUT2D eigenvalue weighted by atomic mass is 9.93. The van der Waals surface area contributed by atoms with Crippen LogP contribution < -0.4 is 5.32 Å². The topological polar surface area (TPSA) is 78.1 Å². The van der Waals surface area contributed by atoms with Gasteiger partial charge in [-0.3, -0.25) is 14.7 Å². The van der Waals surface area contributed by atoms with Crippen LogP contribution in [0.1, 0.15) is 48.0 Å². The number of aromatic amines is 1. The number of rotatable bonds is 5. The molecule has 1 fully saturated rings. The molecule has 0 bridgehead atoms. The van der Waals surface area contributed by atoms with Crippen molar-refractivity contribution in [2.24, 2.45) is 0 Å². The Morgan fingerprint density at radius 1 is 1.28 bits per heavy atom. The third kappa shape index (κ3) is 4.07. The van der Waals surface area contributed by atoms with Crippen LogP contribution in [0, 0.1) is 0 Å².